The molecule has 180 valence electrons. The summed E-state index contributed by atoms with van der Waals surface area (Å²) in [5, 5.41) is 4.82. The molecule has 0 bridgehead atoms. The topological polar surface area (TPSA) is 96.2 Å². The van der Waals surface area contributed by atoms with Crippen LogP contribution in [0.25, 0.3) is 28.0 Å². The molecule has 1 amide bonds. The Balaban J connectivity index is 1.41. The first-order valence-electron chi connectivity index (χ1n) is 10.5. The minimum Gasteiger partial charge on any atom is -0.495 e. The van der Waals surface area contributed by atoms with Crippen LogP contribution < -0.4 is 19.5 Å². The number of methoxy groups -OCH3 is 3. The zero-order valence-electron chi connectivity index (χ0n) is 19.2. The van der Waals surface area contributed by atoms with Gasteiger partial charge in [-0.1, -0.05) is 29.8 Å². The van der Waals surface area contributed by atoms with Crippen molar-refractivity contribution in [2.45, 2.75) is 0 Å². The van der Waals surface area contributed by atoms with Crippen LogP contribution in [-0.4, -0.2) is 39.8 Å². The van der Waals surface area contributed by atoms with E-state index in [1.165, 1.54) is 33.5 Å². The molecule has 0 aliphatic rings. The van der Waals surface area contributed by atoms with Crippen LogP contribution in [0.1, 0.15) is 5.56 Å². The lowest BCUT2D eigenvalue weighted by Gasteiger charge is -2.10. The lowest BCUT2D eigenvalue weighted by Crippen LogP contribution is -2.20. The highest BCUT2D eigenvalue weighted by Crippen LogP contribution is 2.37. The standard InChI is InChI=1S/C26H22ClNO7/c1-31-22-12-17-16-6-4-5-7-20(16)35-21(17)13-19(22)28-24(29)14-34-25(30)9-8-15-10-18(27)26(33-3)23(11-15)32-2/h4-13H,14H2,1-3H3,(H,28,29)/b9-8+. The van der Waals surface area contributed by atoms with Gasteiger partial charge in [-0.05, 0) is 35.9 Å². The van der Waals surface area contributed by atoms with Crippen LogP contribution in [0.15, 0.2) is 59.0 Å². The predicted octanol–water partition coefficient (Wildman–Crippen LogP) is 5.46. The SMILES string of the molecule is COc1cc2c(cc1NC(=O)COC(=O)/C=C/c1cc(Cl)c(OC)c(OC)c1)oc1ccccc12. The molecule has 0 radical (unpaired) electrons. The molecule has 0 fully saturated rings. The van der Waals surface area contributed by atoms with Crippen molar-refractivity contribution < 1.29 is 33.0 Å². The van der Waals surface area contributed by atoms with E-state index in [2.05, 4.69) is 5.32 Å². The number of hydrogen-bond donors (Lipinski definition) is 1. The molecule has 4 rings (SSSR count). The predicted molar refractivity (Wildman–Crippen MR) is 133 cm³/mol. The van der Waals surface area contributed by atoms with Gasteiger partial charge in [0.1, 0.15) is 16.9 Å². The number of esters is 1. The van der Waals surface area contributed by atoms with Gasteiger partial charge in [0.05, 0.1) is 32.0 Å². The minimum absolute atomic E-state index is 0.328. The Morgan fingerprint density at radius 3 is 2.46 bits per heavy atom. The molecule has 1 N–H and O–H groups in total. The molecule has 0 aliphatic carbocycles. The van der Waals surface area contributed by atoms with Gasteiger partial charge in [0.2, 0.25) is 0 Å². The third kappa shape index (κ3) is 5.17. The second-order valence-electron chi connectivity index (χ2n) is 7.37. The van der Waals surface area contributed by atoms with Gasteiger partial charge in [-0.2, -0.15) is 0 Å². The molecule has 4 aromatic rings. The molecule has 0 unspecified atom stereocenters. The normalized spacial score (nSPS) is 11.1. The summed E-state index contributed by atoms with van der Waals surface area (Å²) in [5.74, 6) is 0.0268. The quantitative estimate of drug-likeness (QED) is 0.256. The number of carbonyl (C=O) groups excluding carboxylic acids is 2. The van der Waals surface area contributed by atoms with Crippen molar-refractivity contribution in [1.29, 1.82) is 0 Å². The van der Waals surface area contributed by atoms with E-state index in [1.807, 2.05) is 24.3 Å². The van der Waals surface area contributed by atoms with Crippen LogP contribution in [0.4, 0.5) is 5.69 Å². The van der Waals surface area contributed by atoms with Gasteiger partial charge in [0.15, 0.2) is 18.1 Å². The third-order valence-corrected chi connectivity index (χ3v) is 5.47. The van der Waals surface area contributed by atoms with Crippen molar-refractivity contribution in [3.8, 4) is 17.2 Å². The lowest BCUT2D eigenvalue weighted by atomic mass is 10.1. The van der Waals surface area contributed by atoms with Gasteiger partial charge in [0.25, 0.3) is 5.91 Å². The molecule has 3 aromatic carbocycles. The van der Waals surface area contributed by atoms with E-state index in [9.17, 15) is 9.59 Å². The molecular weight excluding hydrogens is 474 g/mol. The summed E-state index contributed by atoms with van der Waals surface area (Å²) >= 11 is 6.17. The smallest absolute Gasteiger partial charge is 0.331 e. The molecule has 1 heterocycles. The van der Waals surface area contributed by atoms with Crippen molar-refractivity contribution in [2.24, 2.45) is 0 Å². The molecule has 35 heavy (non-hydrogen) atoms. The fourth-order valence-electron chi connectivity index (χ4n) is 3.59. The maximum Gasteiger partial charge on any atom is 0.331 e. The molecule has 1 aromatic heterocycles. The Labute approximate surface area is 206 Å². The number of hydrogen-bond acceptors (Lipinski definition) is 7. The van der Waals surface area contributed by atoms with Gasteiger partial charge in [-0.3, -0.25) is 4.79 Å². The van der Waals surface area contributed by atoms with Gasteiger partial charge in [0, 0.05) is 22.9 Å². The van der Waals surface area contributed by atoms with Crippen LogP contribution in [0.3, 0.4) is 0 Å². The first kappa shape index (κ1) is 24.0. The molecule has 0 saturated heterocycles. The van der Waals surface area contributed by atoms with E-state index in [1.54, 1.807) is 24.3 Å². The summed E-state index contributed by atoms with van der Waals surface area (Å²) in [6.07, 6.45) is 2.68. The van der Waals surface area contributed by atoms with Crippen molar-refractivity contribution in [3.63, 3.8) is 0 Å². The Morgan fingerprint density at radius 1 is 0.943 bits per heavy atom. The van der Waals surface area contributed by atoms with Gasteiger partial charge in [-0.15, -0.1) is 0 Å². The summed E-state index contributed by atoms with van der Waals surface area (Å²) < 4.78 is 26.7. The van der Waals surface area contributed by atoms with Crippen molar-refractivity contribution in [3.05, 3.63) is 65.2 Å². The fourth-order valence-corrected chi connectivity index (χ4v) is 3.88. The van der Waals surface area contributed by atoms with E-state index in [-0.39, 0.29) is 0 Å². The number of para-hydroxylation sites is 1. The van der Waals surface area contributed by atoms with Crippen LogP contribution in [0.5, 0.6) is 17.2 Å². The minimum atomic E-state index is -0.703. The number of amides is 1. The average molecular weight is 496 g/mol. The summed E-state index contributed by atoms with van der Waals surface area (Å²) in [4.78, 5) is 24.5. The van der Waals surface area contributed by atoms with Gasteiger partial charge < -0.3 is 28.7 Å². The van der Waals surface area contributed by atoms with Crippen LogP contribution in [0, 0.1) is 0 Å². The number of rotatable bonds is 8. The van der Waals surface area contributed by atoms with Crippen LogP contribution in [0.2, 0.25) is 5.02 Å². The maximum atomic E-state index is 12.4. The van der Waals surface area contributed by atoms with E-state index in [0.717, 1.165) is 16.4 Å². The highest BCUT2D eigenvalue weighted by Gasteiger charge is 2.15. The molecular formula is C26H22ClNO7. The average Bonchev–Trinajstić information content (AvgIpc) is 3.22. The number of furan rings is 1. The van der Waals surface area contributed by atoms with E-state index in [0.29, 0.717) is 39.1 Å². The van der Waals surface area contributed by atoms with Gasteiger partial charge in [-0.25, -0.2) is 4.79 Å². The summed E-state index contributed by atoms with van der Waals surface area (Å²) in [6.45, 7) is -0.489. The van der Waals surface area contributed by atoms with E-state index < -0.39 is 18.5 Å². The molecule has 0 aliphatic heterocycles. The third-order valence-electron chi connectivity index (χ3n) is 5.19. The molecule has 0 spiro atoms. The molecule has 9 heteroatoms. The Morgan fingerprint density at radius 2 is 1.71 bits per heavy atom. The van der Waals surface area contributed by atoms with Gasteiger partial charge >= 0.3 is 5.97 Å². The number of fused-ring (bicyclic) bond motifs is 3. The van der Waals surface area contributed by atoms with E-state index >= 15 is 0 Å². The Hall–Kier alpha value is -4.17. The maximum absolute atomic E-state index is 12.4. The first-order chi connectivity index (χ1) is 16.9. The number of nitrogens with one attached hydrogen (secondary N) is 1. The zero-order chi connectivity index (χ0) is 24.9. The number of ether oxygens (including phenoxy) is 4. The second-order valence-corrected chi connectivity index (χ2v) is 7.78. The highest BCUT2D eigenvalue weighted by atomic mass is 35.5. The lowest BCUT2D eigenvalue weighted by molar-refractivity contribution is -0.142. The highest BCUT2D eigenvalue weighted by molar-refractivity contribution is 6.32. The summed E-state index contributed by atoms with van der Waals surface area (Å²) in [7, 11) is 4.46. The Bertz CT molecular complexity index is 1440. The number of carbonyl (C=O) groups is 2. The van der Waals surface area contributed by atoms with Crippen molar-refractivity contribution >= 4 is 57.2 Å². The largest absolute Gasteiger partial charge is 0.495 e. The number of halogens is 1. The Kier molecular flexibility index (Phi) is 7.12. The summed E-state index contributed by atoms with van der Waals surface area (Å²) in [5.41, 5.74) is 2.31. The molecule has 8 nitrogen and oxygen atoms in total. The number of anilines is 1. The first-order valence-corrected chi connectivity index (χ1v) is 10.9. The summed E-state index contributed by atoms with van der Waals surface area (Å²) in [6, 6.07) is 14.3. The second kappa shape index (κ2) is 10.4. The van der Waals surface area contributed by atoms with Crippen molar-refractivity contribution in [2.75, 3.05) is 33.3 Å². The van der Waals surface area contributed by atoms with Crippen LogP contribution >= 0.6 is 11.6 Å². The van der Waals surface area contributed by atoms with E-state index in [4.69, 9.17) is 35.0 Å². The monoisotopic (exact) mass is 495 g/mol. The molecule has 0 saturated carbocycles. The molecule has 0 atom stereocenters. The van der Waals surface area contributed by atoms with Crippen molar-refractivity contribution in [1.82, 2.24) is 0 Å². The number of benzene rings is 3. The zero-order valence-corrected chi connectivity index (χ0v) is 20.0. The fraction of sp³-hybridized carbons (Fsp3) is 0.154. The van der Waals surface area contributed by atoms with Crippen LogP contribution in [-0.2, 0) is 14.3 Å².